The molecule has 2 aromatic carbocycles. The van der Waals surface area contributed by atoms with Crippen molar-refractivity contribution in [1.82, 2.24) is 4.57 Å². The SMILES string of the molecule is COCCn1c(=NC(=O)c2cc(OC)c(OC)cc2[N+](=O)[O-])sc2cc(S(C)(=O)=O)ccc21. The molecule has 0 fully saturated rings. The third-order valence-electron chi connectivity index (χ3n) is 4.73. The highest BCUT2D eigenvalue weighted by atomic mass is 32.2. The number of aromatic nitrogens is 1. The maximum absolute atomic E-state index is 13.0. The predicted molar refractivity (Wildman–Crippen MR) is 121 cm³/mol. The molecule has 3 rings (SSSR count). The van der Waals surface area contributed by atoms with Gasteiger partial charge in [-0.05, 0) is 18.2 Å². The van der Waals surface area contributed by atoms with Crippen LogP contribution < -0.4 is 14.3 Å². The number of nitro benzene ring substituents is 1. The third-order valence-corrected chi connectivity index (χ3v) is 6.88. The zero-order valence-electron chi connectivity index (χ0n) is 18.2. The average molecular weight is 496 g/mol. The van der Waals surface area contributed by atoms with Crippen LogP contribution in [0.3, 0.4) is 0 Å². The van der Waals surface area contributed by atoms with Gasteiger partial charge in [0.15, 0.2) is 26.1 Å². The van der Waals surface area contributed by atoms with Gasteiger partial charge in [0, 0.05) is 26.0 Å². The van der Waals surface area contributed by atoms with Gasteiger partial charge in [-0.2, -0.15) is 4.99 Å². The first-order valence-electron chi connectivity index (χ1n) is 9.42. The summed E-state index contributed by atoms with van der Waals surface area (Å²) in [7, 11) is 0.758. The number of hydrogen-bond acceptors (Lipinski definition) is 9. The van der Waals surface area contributed by atoms with Gasteiger partial charge >= 0.3 is 0 Å². The Morgan fingerprint density at radius 1 is 1.15 bits per heavy atom. The molecular formula is C20H21N3O8S2. The van der Waals surface area contributed by atoms with Crippen LogP contribution in [0.5, 0.6) is 11.5 Å². The molecule has 0 saturated heterocycles. The van der Waals surface area contributed by atoms with Crippen molar-refractivity contribution in [3.05, 3.63) is 50.8 Å². The van der Waals surface area contributed by atoms with Gasteiger partial charge in [0.1, 0.15) is 5.56 Å². The molecule has 176 valence electrons. The molecule has 0 aliphatic rings. The first-order chi connectivity index (χ1) is 15.6. The van der Waals surface area contributed by atoms with Gasteiger partial charge in [0.2, 0.25) is 0 Å². The number of carbonyl (C=O) groups excluding carboxylic acids is 1. The van der Waals surface area contributed by atoms with E-state index in [1.54, 1.807) is 10.6 Å². The zero-order valence-corrected chi connectivity index (χ0v) is 19.9. The van der Waals surface area contributed by atoms with E-state index >= 15 is 0 Å². The van der Waals surface area contributed by atoms with E-state index in [9.17, 15) is 23.3 Å². The summed E-state index contributed by atoms with van der Waals surface area (Å²) in [5, 5.41) is 11.6. The molecule has 13 heteroatoms. The van der Waals surface area contributed by atoms with Crippen LogP contribution in [0.4, 0.5) is 5.69 Å². The highest BCUT2D eigenvalue weighted by Crippen LogP contribution is 2.34. The molecule has 1 amide bonds. The van der Waals surface area contributed by atoms with Gasteiger partial charge in [-0.25, -0.2) is 8.42 Å². The quantitative estimate of drug-likeness (QED) is 0.343. The van der Waals surface area contributed by atoms with E-state index in [1.165, 1.54) is 39.5 Å². The van der Waals surface area contributed by atoms with Crippen LogP contribution in [0.25, 0.3) is 10.2 Å². The van der Waals surface area contributed by atoms with Crippen LogP contribution in [0.15, 0.2) is 40.2 Å². The van der Waals surface area contributed by atoms with Crippen molar-refractivity contribution >= 4 is 43.0 Å². The van der Waals surface area contributed by atoms with Gasteiger partial charge in [0.05, 0.1) is 46.9 Å². The maximum atomic E-state index is 13.0. The Bertz CT molecular complexity index is 1410. The Balaban J connectivity index is 2.23. The van der Waals surface area contributed by atoms with Gasteiger partial charge in [0.25, 0.3) is 11.6 Å². The molecule has 0 aliphatic heterocycles. The number of methoxy groups -OCH3 is 3. The first kappa shape index (κ1) is 24.4. The molecule has 0 aliphatic carbocycles. The van der Waals surface area contributed by atoms with Crippen LogP contribution in [0, 0.1) is 10.1 Å². The summed E-state index contributed by atoms with van der Waals surface area (Å²) in [4.78, 5) is 28.4. The van der Waals surface area contributed by atoms with Crippen LogP contribution >= 0.6 is 11.3 Å². The fourth-order valence-electron chi connectivity index (χ4n) is 3.11. The molecule has 0 atom stereocenters. The summed E-state index contributed by atoms with van der Waals surface area (Å²) in [6.07, 6.45) is 1.10. The van der Waals surface area contributed by atoms with Crippen molar-refractivity contribution < 1.29 is 32.3 Å². The number of ether oxygens (including phenoxy) is 3. The lowest BCUT2D eigenvalue weighted by molar-refractivity contribution is -0.385. The van der Waals surface area contributed by atoms with E-state index in [0.717, 1.165) is 23.7 Å². The van der Waals surface area contributed by atoms with Crippen molar-refractivity contribution in [3.8, 4) is 11.5 Å². The van der Waals surface area contributed by atoms with Gasteiger partial charge in [-0.1, -0.05) is 11.3 Å². The van der Waals surface area contributed by atoms with Crippen molar-refractivity contribution in [1.29, 1.82) is 0 Å². The minimum absolute atomic E-state index is 0.103. The topological polar surface area (TPSA) is 139 Å². The molecular weight excluding hydrogens is 474 g/mol. The number of carbonyl (C=O) groups is 1. The maximum Gasteiger partial charge on any atom is 0.286 e. The number of fused-ring (bicyclic) bond motifs is 1. The van der Waals surface area contributed by atoms with Crippen molar-refractivity contribution in [2.75, 3.05) is 34.2 Å². The highest BCUT2D eigenvalue weighted by Gasteiger charge is 2.25. The minimum Gasteiger partial charge on any atom is -0.493 e. The number of sulfone groups is 1. The standard InChI is InChI=1S/C20H21N3O8S2/c1-29-8-7-22-14-6-5-12(33(4,27)28)9-18(14)32-20(22)21-19(24)13-10-16(30-2)17(31-3)11-15(13)23(25)26/h5-6,9-11H,7-8H2,1-4H3. The summed E-state index contributed by atoms with van der Waals surface area (Å²) < 4.78 is 41.5. The number of hydrogen-bond donors (Lipinski definition) is 0. The van der Waals surface area contributed by atoms with Crippen molar-refractivity contribution in [2.24, 2.45) is 4.99 Å². The number of nitro groups is 1. The first-order valence-corrected chi connectivity index (χ1v) is 12.1. The third kappa shape index (κ3) is 5.05. The minimum atomic E-state index is -3.44. The molecule has 3 aromatic rings. The average Bonchev–Trinajstić information content (AvgIpc) is 3.11. The lowest BCUT2D eigenvalue weighted by Gasteiger charge is -2.09. The molecule has 0 saturated carbocycles. The molecule has 1 aromatic heterocycles. The van der Waals surface area contributed by atoms with E-state index in [0.29, 0.717) is 23.4 Å². The molecule has 0 radical (unpaired) electrons. The van der Waals surface area contributed by atoms with Gasteiger partial charge < -0.3 is 18.8 Å². The highest BCUT2D eigenvalue weighted by molar-refractivity contribution is 7.90. The Labute approximate surface area is 192 Å². The molecule has 0 N–H and O–H groups in total. The second-order valence-corrected chi connectivity index (χ2v) is 9.85. The fourth-order valence-corrected chi connectivity index (χ4v) is 4.92. The van der Waals surface area contributed by atoms with Gasteiger partial charge in [-0.15, -0.1) is 0 Å². The molecule has 0 bridgehead atoms. The summed E-state index contributed by atoms with van der Waals surface area (Å²) in [6.45, 7) is 0.631. The van der Waals surface area contributed by atoms with E-state index in [4.69, 9.17) is 14.2 Å². The molecule has 33 heavy (non-hydrogen) atoms. The molecule has 11 nitrogen and oxygen atoms in total. The normalized spacial score (nSPS) is 12.2. The largest absolute Gasteiger partial charge is 0.493 e. The Morgan fingerprint density at radius 3 is 2.39 bits per heavy atom. The number of benzene rings is 2. The molecule has 0 unspecified atom stereocenters. The van der Waals surface area contributed by atoms with E-state index in [-0.39, 0.29) is 26.8 Å². The Hall–Kier alpha value is -3.29. The number of thiazole rings is 1. The molecule has 0 spiro atoms. The summed E-state index contributed by atoms with van der Waals surface area (Å²) >= 11 is 1.09. The van der Waals surface area contributed by atoms with E-state index in [1.807, 2.05) is 0 Å². The molecule has 1 heterocycles. The van der Waals surface area contributed by atoms with Crippen molar-refractivity contribution in [2.45, 2.75) is 11.4 Å². The zero-order chi connectivity index (χ0) is 24.3. The lowest BCUT2D eigenvalue weighted by Crippen LogP contribution is -2.19. The van der Waals surface area contributed by atoms with Gasteiger partial charge in [-0.3, -0.25) is 14.9 Å². The second kappa shape index (κ2) is 9.68. The Kier molecular flexibility index (Phi) is 7.15. The summed E-state index contributed by atoms with van der Waals surface area (Å²) in [5.74, 6) is -0.613. The number of rotatable bonds is 8. The fraction of sp³-hybridized carbons (Fsp3) is 0.300. The summed E-state index contributed by atoms with van der Waals surface area (Å²) in [6, 6.07) is 6.90. The van der Waals surface area contributed by atoms with Crippen LogP contribution in [-0.2, 0) is 21.1 Å². The summed E-state index contributed by atoms with van der Waals surface area (Å²) in [5.41, 5.74) is -0.103. The lowest BCUT2D eigenvalue weighted by atomic mass is 10.1. The van der Waals surface area contributed by atoms with Crippen LogP contribution in [0.1, 0.15) is 10.4 Å². The van der Waals surface area contributed by atoms with Crippen LogP contribution in [0.2, 0.25) is 0 Å². The monoisotopic (exact) mass is 495 g/mol. The smallest absolute Gasteiger partial charge is 0.286 e. The van der Waals surface area contributed by atoms with E-state index in [2.05, 4.69) is 4.99 Å². The predicted octanol–water partition coefficient (Wildman–Crippen LogP) is 2.42. The van der Waals surface area contributed by atoms with Crippen molar-refractivity contribution in [3.63, 3.8) is 0 Å². The second-order valence-electron chi connectivity index (χ2n) is 6.83. The van der Waals surface area contributed by atoms with E-state index < -0.39 is 26.4 Å². The number of amides is 1. The van der Waals surface area contributed by atoms with Crippen LogP contribution in [-0.4, -0.2) is 58.0 Å². The Morgan fingerprint density at radius 2 is 1.82 bits per heavy atom. The number of nitrogens with zero attached hydrogens (tertiary/aromatic N) is 3.